The maximum atomic E-state index is 5.92. The number of para-hydroxylation sites is 2. The molecule has 0 aliphatic rings. The fourth-order valence-corrected chi connectivity index (χ4v) is 2.42. The van der Waals surface area contributed by atoms with E-state index in [1.807, 2.05) is 42.6 Å². The predicted octanol–water partition coefficient (Wildman–Crippen LogP) is 4.65. The summed E-state index contributed by atoms with van der Waals surface area (Å²) in [5, 5.41) is 2.24. The maximum absolute atomic E-state index is 5.92. The zero-order valence-electron chi connectivity index (χ0n) is 10.2. The van der Waals surface area contributed by atoms with E-state index < -0.39 is 0 Å². The number of pyridine rings is 1. The van der Waals surface area contributed by atoms with Crippen molar-refractivity contribution in [1.82, 2.24) is 4.98 Å². The van der Waals surface area contributed by atoms with Gasteiger partial charge in [0.05, 0.1) is 5.52 Å². The van der Waals surface area contributed by atoms with E-state index in [-0.39, 0.29) is 0 Å². The molecule has 2 heteroatoms. The Morgan fingerprint density at radius 3 is 2.58 bits per heavy atom. The Hall–Kier alpha value is -2.61. The van der Waals surface area contributed by atoms with Crippen molar-refractivity contribution in [3.63, 3.8) is 0 Å². The van der Waals surface area contributed by atoms with Crippen molar-refractivity contribution < 1.29 is 4.42 Å². The minimum absolute atomic E-state index is 0.866. The summed E-state index contributed by atoms with van der Waals surface area (Å²) in [6.07, 6.45) is 1.81. The second-order valence-corrected chi connectivity index (χ2v) is 4.53. The molecule has 2 aromatic heterocycles. The Morgan fingerprint density at radius 2 is 1.63 bits per heavy atom. The van der Waals surface area contributed by atoms with Gasteiger partial charge in [-0.15, -0.1) is 0 Å². The average Bonchev–Trinajstić information content (AvgIpc) is 2.90. The topological polar surface area (TPSA) is 26.0 Å². The van der Waals surface area contributed by atoms with Crippen LogP contribution in [0.1, 0.15) is 0 Å². The minimum Gasteiger partial charge on any atom is -0.456 e. The molecule has 0 N–H and O–H groups in total. The third-order valence-corrected chi connectivity index (χ3v) is 3.32. The molecule has 4 aromatic rings. The van der Waals surface area contributed by atoms with E-state index in [2.05, 4.69) is 29.2 Å². The zero-order valence-corrected chi connectivity index (χ0v) is 10.2. The van der Waals surface area contributed by atoms with Crippen LogP contribution in [0.5, 0.6) is 0 Å². The summed E-state index contributed by atoms with van der Waals surface area (Å²) in [6, 6.07) is 20.3. The molecule has 90 valence electrons. The third kappa shape index (κ3) is 1.61. The van der Waals surface area contributed by atoms with E-state index in [0.717, 1.165) is 33.2 Å². The van der Waals surface area contributed by atoms with Crippen molar-refractivity contribution in [2.75, 3.05) is 0 Å². The lowest BCUT2D eigenvalue weighted by molar-refractivity contribution is 0.632. The number of hydrogen-bond donors (Lipinski definition) is 0. The van der Waals surface area contributed by atoms with E-state index in [0.29, 0.717) is 0 Å². The Kier molecular flexibility index (Phi) is 2.15. The first-order chi connectivity index (χ1) is 9.42. The monoisotopic (exact) mass is 245 g/mol. The molecule has 2 heterocycles. The van der Waals surface area contributed by atoms with Gasteiger partial charge < -0.3 is 4.42 Å². The highest BCUT2D eigenvalue weighted by molar-refractivity contribution is 5.94. The second-order valence-electron chi connectivity index (χ2n) is 4.53. The van der Waals surface area contributed by atoms with Crippen molar-refractivity contribution in [2.24, 2.45) is 0 Å². The Labute approximate surface area is 110 Å². The second kappa shape index (κ2) is 3.95. The molecule has 0 amide bonds. The van der Waals surface area contributed by atoms with Crippen LogP contribution in [0, 0.1) is 0 Å². The van der Waals surface area contributed by atoms with E-state index in [4.69, 9.17) is 4.42 Å². The van der Waals surface area contributed by atoms with Crippen LogP contribution in [0.25, 0.3) is 33.2 Å². The van der Waals surface area contributed by atoms with Crippen LogP contribution in [0.2, 0.25) is 0 Å². The molecule has 0 saturated heterocycles. The first-order valence-electron chi connectivity index (χ1n) is 6.24. The molecule has 4 rings (SSSR count). The number of rotatable bonds is 1. The molecule has 0 unspecified atom stereocenters. The predicted molar refractivity (Wildman–Crippen MR) is 77.0 cm³/mol. The average molecular weight is 245 g/mol. The Bertz CT molecular complexity index is 838. The highest BCUT2D eigenvalue weighted by atomic mass is 16.3. The Balaban J connectivity index is 2.03. The first-order valence-corrected chi connectivity index (χ1v) is 6.24. The standard InChI is InChI=1S/C17H11NO/c1-2-9-15-13(5-1)11-16(19-15)14-8-3-6-12-7-4-10-18-17(12)14/h1-11H. The molecule has 0 saturated carbocycles. The summed E-state index contributed by atoms with van der Waals surface area (Å²) in [5.74, 6) is 0.866. The molecule has 19 heavy (non-hydrogen) atoms. The smallest absolute Gasteiger partial charge is 0.137 e. The lowest BCUT2D eigenvalue weighted by Crippen LogP contribution is -1.82. The summed E-state index contributed by atoms with van der Waals surface area (Å²) >= 11 is 0. The number of nitrogens with zero attached hydrogens (tertiary/aromatic N) is 1. The van der Waals surface area contributed by atoms with Crippen LogP contribution in [-0.4, -0.2) is 4.98 Å². The van der Waals surface area contributed by atoms with Gasteiger partial charge in [-0.05, 0) is 24.3 Å². The first kappa shape index (κ1) is 10.3. The number of furan rings is 1. The summed E-state index contributed by atoms with van der Waals surface area (Å²) in [4.78, 5) is 4.47. The van der Waals surface area contributed by atoms with Crippen LogP contribution in [0.4, 0.5) is 0 Å². The van der Waals surface area contributed by atoms with E-state index in [1.54, 1.807) is 0 Å². The SMILES string of the molecule is c1ccc2oc(-c3cccc4cccnc34)cc2c1. The lowest BCUT2D eigenvalue weighted by atomic mass is 10.1. The van der Waals surface area contributed by atoms with E-state index >= 15 is 0 Å². The summed E-state index contributed by atoms with van der Waals surface area (Å²) in [5.41, 5.74) is 2.92. The van der Waals surface area contributed by atoms with Crippen molar-refractivity contribution in [2.45, 2.75) is 0 Å². The molecule has 0 aliphatic heterocycles. The molecule has 0 fully saturated rings. The van der Waals surface area contributed by atoms with Crippen LogP contribution in [0.3, 0.4) is 0 Å². The molecule has 0 atom stereocenters. The fraction of sp³-hybridized carbons (Fsp3) is 0. The zero-order chi connectivity index (χ0) is 12.7. The van der Waals surface area contributed by atoms with Crippen molar-refractivity contribution in [3.05, 3.63) is 66.9 Å². The van der Waals surface area contributed by atoms with Gasteiger partial charge in [0.25, 0.3) is 0 Å². The highest BCUT2D eigenvalue weighted by Crippen LogP contribution is 2.31. The number of aromatic nitrogens is 1. The molecule has 0 bridgehead atoms. The lowest BCUT2D eigenvalue weighted by Gasteiger charge is -2.01. The van der Waals surface area contributed by atoms with Crippen molar-refractivity contribution in [1.29, 1.82) is 0 Å². The van der Waals surface area contributed by atoms with Gasteiger partial charge in [0.15, 0.2) is 0 Å². The van der Waals surface area contributed by atoms with Gasteiger partial charge in [0.2, 0.25) is 0 Å². The molecule has 0 spiro atoms. The molecule has 2 aromatic carbocycles. The highest BCUT2D eigenvalue weighted by Gasteiger charge is 2.09. The van der Waals surface area contributed by atoms with Crippen LogP contribution >= 0.6 is 0 Å². The third-order valence-electron chi connectivity index (χ3n) is 3.32. The number of fused-ring (bicyclic) bond motifs is 2. The van der Waals surface area contributed by atoms with Gasteiger partial charge in [-0.3, -0.25) is 4.98 Å². The summed E-state index contributed by atoms with van der Waals surface area (Å²) in [7, 11) is 0. The molecule has 0 aliphatic carbocycles. The normalized spacial score (nSPS) is 11.2. The van der Waals surface area contributed by atoms with E-state index in [1.165, 1.54) is 0 Å². The Morgan fingerprint density at radius 1 is 0.789 bits per heavy atom. The van der Waals surface area contributed by atoms with Gasteiger partial charge in [-0.1, -0.05) is 36.4 Å². The molecule has 2 nitrogen and oxygen atoms in total. The minimum atomic E-state index is 0.866. The maximum Gasteiger partial charge on any atom is 0.137 e. The van der Waals surface area contributed by atoms with Crippen molar-refractivity contribution in [3.8, 4) is 11.3 Å². The molecular formula is C17H11NO. The van der Waals surface area contributed by atoms with Crippen LogP contribution in [0.15, 0.2) is 71.3 Å². The summed E-state index contributed by atoms with van der Waals surface area (Å²) < 4.78 is 5.92. The van der Waals surface area contributed by atoms with Crippen LogP contribution < -0.4 is 0 Å². The quantitative estimate of drug-likeness (QED) is 0.488. The molecule has 0 radical (unpaired) electrons. The summed E-state index contributed by atoms with van der Waals surface area (Å²) in [6.45, 7) is 0. The van der Waals surface area contributed by atoms with Gasteiger partial charge in [0, 0.05) is 22.5 Å². The van der Waals surface area contributed by atoms with Crippen molar-refractivity contribution >= 4 is 21.9 Å². The van der Waals surface area contributed by atoms with E-state index in [9.17, 15) is 0 Å². The van der Waals surface area contributed by atoms with Crippen LogP contribution in [-0.2, 0) is 0 Å². The van der Waals surface area contributed by atoms with Gasteiger partial charge in [0.1, 0.15) is 11.3 Å². The fourth-order valence-electron chi connectivity index (χ4n) is 2.42. The number of benzene rings is 2. The van der Waals surface area contributed by atoms with Gasteiger partial charge in [-0.2, -0.15) is 0 Å². The molecular weight excluding hydrogens is 234 g/mol. The largest absolute Gasteiger partial charge is 0.456 e. The van der Waals surface area contributed by atoms with Gasteiger partial charge in [-0.25, -0.2) is 0 Å². The van der Waals surface area contributed by atoms with Gasteiger partial charge >= 0.3 is 0 Å². The number of hydrogen-bond acceptors (Lipinski definition) is 2.